The summed E-state index contributed by atoms with van der Waals surface area (Å²) in [4.78, 5) is 0. The molecule has 0 N–H and O–H groups in total. The molecule has 0 aromatic rings. The second-order valence-electron chi connectivity index (χ2n) is 5.42. The van der Waals surface area contributed by atoms with Gasteiger partial charge in [0.25, 0.3) is 0 Å². The van der Waals surface area contributed by atoms with Crippen LogP contribution in [-0.4, -0.2) is 90.9 Å². The monoisotopic (exact) mass is 428 g/mol. The smallest absolute Gasteiger partial charge is 0.157 e. The summed E-state index contributed by atoms with van der Waals surface area (Å²) in [5.74, 6) is 0. The van der Waals surface area contributed by atoms with Gasteiger partial charge in [-0.05, 0) is 19.3 Å². The highest BCUT2D eigenvalue weighted by molar-refractivity contribution is 9.09. The highest BCUT2D eigenvalue weighted by Gasteiger charge is 2.13. The lowest BCUT2D eigenvalue weighted by Gasteiger charge is -2.22. The van der Waals surface area contributed by atoms with Crippen molar-refractivity contribution >= 4 is 15.9 Å². The third-order valence-corrected chi connectivity index (χ3v) is 3.70. The van der Waals surface area contributed by atoms with Gasteiger partial charge in [0.05, 0.1) is 72.7 Å². The number of hydrogen-bond acceptors (Lipinski definition) is 7. The lowest BCUT2D eigenvalue weighted by atomic mass is 10.2. The van der Waals surface area contributed by atoms with Crippen molar-refractivity contribution in [1.29, 1.82) is 0 Å². The van der Waals surface area contributed by atoms with E-state index in [-0.39, 0.29) is 6.29 Å². The number of hydrogen-bond donors (Lipinski definition) is 0. The molecule has 7 nitrogen and oxygen atoms in total. The fraction of sp³-hybridized carbons (Fsp3) is 1.00. The topological polar surface area (TPSA) is 64.6 Å². The zero-order valence-corrected chi connectivity index (χ0v) is 16.7. The second kappa shape index (κ2) is 19.0. The fourth-order valence-electron chi connectivity index (χ4n) is 2.12. The third kappa shape index (κ3) is 16.1. The predicted octanol–water partition coefficient (Wildman–Crippen LogP) is 2.01. The zero-order chi connectivity index (χ0) is 17.8. The quantitative estimate of drug-likeness (QED) is 0.244. The molecule has 8 heteroatoms. The van der Waals surface area contributed by atoms with Gasteiger partial charge in [-0.3, -0.25) is 0 Å². The second-order valence-corrected chi connectivity index (χ2v) is 6.21. The highest BCUT2D eigenvalue weighted by atomic mass is 79.9. The van der Waals surface area contributed by atoms with Crippen molar-refractivity contribution in [2.75, 3.05) is 84.6 Å². The summed E-state index contributed by atoms with van der Waals surface area (Å²) in [6.45, 7) is 7.25. The van der Waals surface area contributed by atoms with E-state index < -0.39 is 0 Å². The summed E-state index contributed by atoms with van der Waals surface area (Å²) < 4.78 is 37.9. The minimum Gasteiger partial charge on any atom is -0.378 e. The third-order valence-electron chi connectivity index (χ3n) is 3.38. The Labute approximate surface area is 159 Å². The van der Waals surface area contributed by atoms with Crippen molar-refractivity contribution in [3.8, 4) is 0 Å². The molecule has 1 aliphatic rings. The van der Waals surface area contributed by atoms with E-state index >= 15 is 0 Å². The van der Waals surface area contributed by atoms with Crippen molar-refractivity contribution in [3.05, 3.63) is 0 Å². The van der Waals surface area contributed by atoms with Crippen LogP contribution in [0, 0.1) is 0 Å². The molecule has 0 amide bonds. The Morgan fingerprint density at radius 3 is 1.56 bits per heavy atom. The maximum absolute atomic E-state index is 5.57. The summed E-state index contributed by atoms with van der Waals surface area (Å²) in [7, 11) is 0. The van der Waals surface area contributed by atoms with E-state index in [0.717, 1.165) is 24.8 Å². The van der Waals surface area contributed by atoms with Crippen LogP contribution in [0.15, 0.2) is 0 Å². The molecule has 0 radical (unpaired) electrons. The lowest BCUT2D eigenvalue weighted by molar-refractivity contribution is -0.169. The summed E-state index contributed by atoms with van der Waals surface area (Å²) in [5, 5.41) is 0.852. The van der Waals surface area contributed by atoms with Crippen LogP contribution >= 0.6 is 15.9 Å². The van der Waals surface area contributed by atoms with Crippen LogP contribution in [-0.2, 0) is 33.2 Å². The van der Waals surface area contributed by atoms with E-state index in [0.29, 0.717) is 72.7 Å². The molecule has 1 fully saturated rings. The summed E-state index contributed by atoms with van der Waals surface area (Å²) in [5.41, 5.74) is 0. The molecule has 1 atom stereocenters. The zero-order valence-electron chi connectivity index (χ0n) is 15.1. The van der Waals surface area contributed by atoms with Crippen molar-refractivity contribution in [2.24, 2.45) is 0 Å². The molecule has 1 aliphatic heterocycles. The van der Waals surface area contributed by atoms with Crippen LogP contribution < -0.4 is 0 Å². The van der Waals surface area contributed by atoms with Gasteiger partial charge in [-0.15, -0.1) is 0 Å². The van der Waals surface area contributed by atoms with E-state index in [1.165, 1.54) is 6.42 Å². The van der Waals surface area contributed by atoms with Gasteiger partial charge in [-0.2, -0.15) is 0 Å². The van der Waals surface area contributed by atoms with Gasteiger partial charge in [-0.25, -0.2) is 0 Å². The summed E-state index contributed by atoms with van der Waals surface area (Å²) in [6.07, 6.45) is 3.26. The van der Waals surface area contributed by atoms with Crippen molar-refractivity contribution in [2.45, 2.75) is 25.6 Å². The number of alkyl halides is 1. The molecular formula is C17H33BrO7. The Bertz CT molecular complexity index is 265. The molecule has 1 heterocycles. The Balaban J connectivity index is 1.65. The number of halogens is 1. The number of ether oxygens (including phenoxy) is 7. The van der Waals surface area contributed by atoms with Crippen LogP contribution in [0.1, 0.15) is 19.3 Å². The average molecular weight is 429 g/mol. The molecule has 0 bridgehead atoms. The first kappa shape index (κ1) is 23.2. The highest BCUT2D eigenvalue weighted by Crippen LogP contribution is 2.13. The van der Waals surface area contributed by atoms with Crippen LogP contribution in [0.4, 0.5) is 0 Å². The maximum Gasteiger partial charge on any atom is 0.157 e. The Morgan fingerprint density at radius 1 is 0.640 bits per heavy atom. The molecule has 0 aromatic carbocycles. The first-order valence-corrected chi connectivity index (χ1v) is 10.2. The molecule has 1 rings (SSSR count). The van der Waals surface area contributed by atoms with E-state index in [1.807, 2.05) is 0 Å². The van der Waals surface area contributed by atoms with Crippen LogP contribution in [0.25, 0.3) is 0 Å². The first-order chi connectivity index (χ1) is 12.4. The Hall–Kier alpha value is 0.200. The summed E-state index contributed by atoms with van der Waals surface area (Å²) >= 11 is 3.29. The molecule has 0 aromatic heterocycles. The van der Waals surface area contributed by atoms with Crippen molar-refractivity contribution < 1.29 is 33.2 Å². The minimum atomic E-state index is -0.0448. The van der Waals surface area contributed by atoms with Gasteiger partial charge in [0.1, 0.15) is 0 Å². The van der Waals surface area contributed by atoms with Crippen molar-refractivity contribution in [1.82, 2.24) is 0 Å². The lowest BCUT2D eigenvalue weighted by Crippen LogP contribution is -2.24. The van der Waals surface area contributed by atoms with Gasteiger partial charge in [0.2, 0.25) is 0 Å². The van der Waals surface area contributed by atoms with Crippen LogP contribution in [0.3, 0.4) is 0 Å². The molecule has 0 saturated carbocycles. The Kier molecular flexibility index (Phi) is 17.6. The van der Waals surface area contributed by atoms with Crippen LogP contribution in [0.2, 0.25) is 0 Å². The minimum absolute atomic E-state index is 0.0448. The fourth-order valence-corrected chi connectivity index (χ4v) is 2.35. The predicted molar refractivity (Wildman–Crippen MR) is 97.4 cm³/mol. The van der Waals surface area contributed by atoms with Gasteiger partial charge in [0.15, 0.2) is 6.29 Å². The van der Waals surface area contributed by atoms with Gasteiger partial charge < -0.3 is 33.2 Å². The Morgan fingerprint density at radius 2 is 1.12 bits per heavy atom. The molecular weight excluding hydrogens is 396 g/mol. The van der Waals surface area contributed by atoms with E-state index in [9.17, 15) is 0 Å². The molecule has 150 valence electrons. The molecule has 25 heavy (non-hydrogen) atoms. The van der Waals surface area contributed by atoms with Gasteiger partial charge in [0, 0.05) is 11.9 Å². The standard InChI is InChI=1S/C17H33BrO7/c18-4-6-19-7-8-20-9-10-21-11-12-22-13-14-23-15-16-25-17-3-1-2-5-24-17/h17H,1-16H2. The van der Waals surface area contributed by atoms with Crippen LogP contribution in [0.5, 0.6) is 0 Å². The van der Waals surface area contributed by atoms with E-state index in [1.54, 1.807) is 0 Å². The maximum atomic E-state index is 5.57. The molecule has 1 unspecified atom stereocenters. The van der Waals surface area contributed by atoms with Gasteiger partial charge in [-0.1, -0.05) is 15.9 Å². The van der Waals surface area contributed by atoms with Gasteiger partial charge >= 0.3 is 0 Å². The molecule has 0 spiro atoms. The average Bonchev–Trinajstić information content (AvgIpc) is 2.65. The number of rotatable bonds is 18. The van der Waals surface area contributed by atoms with E-state index in [2.05, 4.69) is 15.9 Å². The SMILES string of the molecule is BrCCOCCOCCOCCOCCOCCOC1CCCCO1. The normalized spacial score (nSPS) is 17.9. The molecule has 1 saturated heterocycles. The largest absolute Gasteiger partial charge is 0.378 e. The first-order valence-electron chi connectivity index (χ1n) is 9.11. The van der Waals surface area contributed by atoms with E-state index in [4.69, 9.17) is 33.2 Å². The van der Waals surface area contributed by atoms with Crippen molar-refractivity contribution in [3.63, 3.8) is 0 Å². The molecule has 0 aliphatic carbocycles. The summed E-state index contributed by atoms with van der Waals surface area (Å²) in [6, 6.07) is 0.